The summed E-state index contributed by atoms with van der Waals surface area (Å²) in [6, 6.07) is 13.7. The normalized spacial score (nSPS) is 12.3. The predicted molar refractivity (Wildman–Crippen MR) is 112 cm³/mol. The van der Waals surface area contributed by atoms with Crippen LogP contribution in [0.2, 0.25) is 0 Å². The zero-order valence-corrected chi connectivity index (χ0v) is 24.6. The molecule has 1 N–H and O–H groups in total. The van der Waals surface area contributed by atoms with Gasteiger partial charge in [-0.2, -0.15) is 13.2 Å². The third-order valence-electron chi connectivity index (χ3n) is 4.55. The van der Waals surface area contributed by atoms with Crippen molar-refractivity contribution in [1.82, 2.24) is 5.32 Å². The van der Waals surface area contributed by atoms with Crippen LogP contribution in [0.15, 0.2) is 60.7 Å². The van der Waals surface area contributed by atoms with Crippen molar-refractivity contribution in [3.8, 4) is 11.5 Å². The first-order valence-corrected chi connectivity index (χ1v) is 11.3. The van der Waals surface area contributed by atoms with Crippen LogP contribution in [0.1, 0.15) is 22.8 Å². The summed E-state index contributed by atoms with van der Waals surface area (Å²) in [5.74, 6) is 0.205. The first-order chi connectivity index (χ1) is 15.9. The number of fused-ring (bicyclic) bond motifs is 1. The van der Waals surface area contributed by atoms with E-state index in [0.717, 1.165) is 12.1 Å². The van der Waals surface area contributed by atoms with E-state index >= 15 is 0 Å². The fourth-order valence-corrected chi connectivity index (χ4v) is 3.20. The van der Waals surface area contributed by atoms with Crippen molar-refractivity contribution in [3.05, 3.63) is 71.8 Å². The van der Waals surface area contributed by atoms with E-state index < -0.39 is 38.3 Å². The monoisotopic (exact) mass is 543 g/mol. The number of hydrogen-bond acceptors (Lipinski definition) is 7. The minimum atomic E-state index is -5.13. The maximum Gasteiger partial charge on any atom is 1.00 e. The fraction of sp³-hybridized carbons (Fsp3) is 0.227. The third kappa shape index (κ3) is 10.1. The number of carbonyl (C=O) groups is 1. The molecule has 36 heavy (non-hydrogen) atoms. The van der Waals surface area contributed by atoms with Crippen LogP contribution in [0.5, 0.6) is 11.5 Å². The first kappa shape index (κ1) is 33.1. The number of halogens is 3. The predicted octanol–water partition coefficient (Wildman–Crippen LogP) is -2.40. The molecule has 0 aliphatic heterocycles. The average molecular weight is 543 g/mol. The Hall–Kier alpha value is -0.950. The number of rotatable bonds is 9. The number of carbonyl (C=O) groups excluding carboxylic acids is 1. The van der Waals surface area contributed by atoms with Gasteiger partial charge in [-0.15, -0.1) is 0 Å². The maximum atomic E-state index is 12.7. The van der Waals surface area contributed by atoms with Gasteiger partial charge in [-0.25, -0.2) is 0 Å². The molecule has 0 saturated carbocycles. The van der Waals surface area contributed by atoms with E-state index in [1.807, 2.05) is 0 Å². The number of hydrogen-bond donors (Lipinski definition) is 1. The van der Waals surface area contributed by atoms with Crippen LogP contribution < -0.4 is 79.0 Å². The van der Waals surface area contributed by atoms with Crippen molar-refractivity contribution < 1.29 is 105 Å². The summed E-state index contributed by atoms with van der Waals surface area (Å²) in [5.41, 5.74) is -0.456. The number of benzene rings is 3. The van der Waals surface area contributed by atoms with Crippen LogP contribution in [-0.4, -0.2) is 25.3 Å². The Morgan fingerprint density at radius 1 is 1.06 bits per heavy atom. The molecular weight excluding hydrogens is 524 g/mol. The standard InChI is InChI=1S/C22H21F3NO7P.2Na/c1-14(12-31-13-32-34(28,29)30)26-21(27)16-5-10-19-15(11-16)3-2-4-20(19)33-18-8-6-17(7-9-18)22(23,24)25;;/h2-11,14H,12-13H2,1H3,(H,26,27)(H2,28,29,30);;/q;2*+1/p-2/t14-;;/m1../s1. The number of amides is 1. The molecule has 0 aliphatic carbocycles. The van der Waals surface area contributed by atoms with Crippen molar-refractivity contribution in [2.45, 2.75) is 19.1 Å². The molecule has 0 unspecified atom stereocenters. The third-order valence-corrected chi connectivity index (χ3v) is 4.97. The molecule has 0 fully saturated rings. The topological polar surface area (TPSA) is 120 Å². The van der Waals surface area contributed by atoms with Gasteiger partial charge in [0.25, 0.3) is 5.91 Å². The van der Waals surface area contributed by atoms with Gasteiger partial charge in [-0.3, -0.25) is 4.79 Å². The summed E-state index contributed by atoms with van der Waals surface area (Å²) < 4.78 is 63.2. The minimum Gasteiger partial charge on any atom is -0.790 e. The van der Waals surface area contributed by atoms with Crippen LogP contribution in [-0.2, 0) is 20.0 Å². The summed E-state index contributed by atoms with van der Waals surface area (Å²) >= 11 is 0. The van der Waals surface area contributed by atoms with E-state index in [2.05, 4.69) is 9.84 Å². The quantitative estimate of drug-likeness (QED) is 0.138. The second-order valence-corrected chi connectivity index (χ2v) is 8.41. The Bertz CT molecular complexity index is 1210. The number of phosphoric acid groups is 1. The molecule has 3 aromatic rings. The van der Waals surface area contributed by atoms with Crippen LogP contribution in [0.4, 0.5) is 13.2 Å². The zero-order valence-electron chi connectivity index (χ0n) is 19.7. The number of alkyl halides is 3. The van der Waals surface area contributed by atoms with E-state index in [1.54, 1.807) is 43.3 Å². The smallest absolute Gasteiger partial charge is 0.790 e. The SMILES string of the molecule is C[C@H](COCOP(=O)([O-])[O-])NC(=O)c1ccc2c(Oc3ccc(C(F)(F)F)cc3)cccc2c1.[Na+].[Na+]. The first-order valence-electron chi connectivity index (χ1n) is 9.85. The van der Waals surface area contributed by atoms with Crippen LogP contribution in [0.3, 0.4) is 0 Å². The van der Waals surface area contributed by atoms with E-state index in [1.165, 1.54) is 12.1 Å². The van der Waals surface area contributed by atoms with E-state index in [-0.39, 0.29) is 71.5 Å². The molecule has 0 heterocycles. The summed E-state index contributed by atoms with van der Waals surface area (Å²) in [5, 5.41) is 3.97. The van der Waals surface area contributed by atoms with Crippen LogP contribution >= 0.6 is 7.82 Å². The van der Waals surface area contributed by atoms with Crippen molar-refractivity contribution in [2.24, 2.45) is 0 Å². The molecule has 0 aromatic heterocycles. The minimum absolute atomic E-state index is 0. The molecule has 1 atom stereocenters. The molecule has 0 saturated heterocycles. The molecular formula is C22H19F3NNa2O7P. The summed E-state index contributed by atoms with van der Waals surface area (Å²) in [6.07, 6.45) is -4.44. The molecule has 0 bridgehead atoms. The molecule has 0 aliphatic rings. The molecule has 14 heteroatoms. The summed E-state index contributed by atoms with van der Waals surface area (Å²) in [4.78, 5) is 33.3. The Kier molecular flexibility index (Phi) is 13.1. The van der Waals surface area contributed by atoms with Crippen molar-refractivity contribution in [2.75, 3.05) is 13.4 Å². The van der Waals surface area contributed by atoms with Gasteiger partial charge >= 0.3 is 65.3 Å². The second kappa shape index (κ2) is 14.3. The zero-order chi connectivity index (χ0) is 24.9. The Labute approximate surface area is 249 Å². The van der Waals surface area contributed by atoms with Crippen molar-refractivity contribution in [1.29, 1.82) is 0 Å². The fourth-order valence-electron chi connectivity index (χ4n) is 3.00. The van der Waals surface area contributed by atoms with Crippen LogP contribution in [0, 0.1) is 0 Å². The van der Waals surface area contributed by atoms with E-state index in [0.29, 0.717) is 22.1 Å². The Morgan fingerprint density at radius 3 is 2.33 bits per heavy atom. The summed E-state index contributed by atoms with van der Waals surface area (Å²) in [7, 11) is -5.13. The molecule has 8 nitrogen and oxygen atoms in total. The Morgan fingerprint density at radius 2 is 1.72 bits per heavy atom. The molecule has 0 radical (unpaired) electrons. The molecule has 3 rings (SSSR count). The van der Waals surface area contributed by atoms with Gasteiger partial charge in [-0.05, 0) is 60.8 Å². The molecule has 182 valence electrons. The largest absolute Gasteiger partial charge is 1.00 e. The second-order valence-electron chi connectivity index (χ2n) is 7.26. The Balaban J connectivity index is 0.00000324. The van der Waals surface area contributed by atoms with Crippen molar-refractivity contribution in [3.63, 3.8) is 0 Å². The van der Waals surface area contributed by atoms with Gasteiger partial charge in [0.2, 0.25) is 0 Å². The van der Waals surface area contributed by atoms with Gasteiger partial charge in [-0.1, -0.05) is 12.1 Å². The molecule has 3 aromatic carbocycles. The average Bonchev–Trinajstić information content (AvgIpc) is 2.75. The number of phosphoric ester groups is 1. The number of ether oxygens (including phenoxy) is 2. The van der Waals surface area contributed by atoms with Gasteiger partial charge in [0, 0.05) is 17.0 Å². The van der Waals surface area contributed by atoms with Gasteiger partial charge in [0.1, 0.15) is 11.5 Å². The maximum absolute atomic E-state index is 12.7. The van der Waals surface area contributed by atoms with Crippen LogP contribution in [0.25, 0.3) is 10.8 Å². The summed E-state index contributed by atoms with van der Waals surface area (Å²) in [6.45, 7) is 0.773. The van der Waals surface area contributed by atoms with Gasteiger partial charge in [0.05, 0.1) is 20.0 Å². The van der Waals surface area contributed by atoms with Gasteiger partial charge in [0.15, 0.2) is 6.79 Å². The molecule has 1 amide bonds. The number of nitrogens with one attached hydrogen (secondary N) is 1. The van der Waals surface area contributed by atoms with E-state index in [4.69, 9.17) is 9.47 Å². The van der Waals surface area contributed by atoms with Gasteiger partial charge < -0.3 is 33.7 Å². The van der Waals surface area contributed by atoms with E-state index in [9.17, 15) is 32.3 Å². The molecule has 0 spiro atoms. The van der Waals surface area contributed by atoms with Crippen molar-refractivity contribution >= 4 is 24.5 Å².